The first-order valence-corrected chi connectivity index (χ1v) is 14.1. The lowest BCUT2D eigenvalue weighted by atomic mass is 9.90. The zero-order valence-electron chi connectivity index (χ0n) is 21.8. The Kier molecular flexibility index (Phi) is 7.77. The highest BCUT2D eigenvalue weighted by Gasteiger charge is 2.28. The molecule has 0 fully saturated rings. The van der Waals surface area contributed by atoms with Crippen molar-refractivity contribution < 1.29 is 4.79 Å². The second-order valence-electron chi connectivity index (χ2n) is 10.0. The average Bonchev–Trinajstić information content (AvgIpc) is 3.38. The van der Waals surface area contributed by atoms with E-state index in [0.29, 0.717) is 13.1 Å². The monoisotopic (exact) mass is 570 g/mol. The van der Waals surface area contributed by atoms with Crippen molar-refractivity contribution in [2.75, 3.05) is 0 Å². The van der Waals surface area contributed by atoms with Gasteiger partial charge in [-0.05, 0) is 54.2 Å². The summed E-state index contributed by atoms with van der Waals surface area (Å²) in [5.41, 5.74) is 6.89. The van der Waals surface area contributed by atoms with Gasteiger partial charge in [0.15, 0.2) is 0 Å². The molecular formula is C31H28Cl2N6O. The van der Waals surface area contributed by atoms with Gasteiger partial charge >= 0.3 is 0 Å². The number of hydrogen-bond donors (Lipinski definition) is 2. The topological polar surface area (TPSA) is 86.8 Å². The van der Waals surface area contributed by atoms with Crippen molar-refractivity contribution in [3.05, 3.63) is 123 Å². The molecular weight excluding hydrogens is 543 g/mol. The van der Waals surface area contributed by atoms with Crippen molar-refractivity contribution >= 4 is 40.1 Å². The van der Waals surface area contributed by atoms with E-state index in [9.17, 15) is 4.79 Å². The Hall–Kier alpha value is -3.78. The molecule has 7 nitrogen and oxygen atoms in total. The Bertz CT molecular complexity index is 1600. The van der Waals surface area contributed by atoms with Crippen LogP contribution in [-0.4, -0.2) is 30.7 Å². The molecule has 3 heterocycles. The Morgan fingerprint density at radius 2 is 1.75 bits per heavy atom. The van der Waals surface area contributed by atoms with E-state index < -0.39 is 0 Å². The van der Waals surface area contributed by atoms with Crippen molar-refractivity contribution in [2.24, 2.45) is 0 Å². The van der Waals surface area contributed by atoms with Crippen LogP contribution in [0.2, 0.25) is 10.0 Å². The fourth-order valence-corrected chi connectivity index (χ4v) is 5.92. The summed E-state index contributed by atoms with van der Waals surface area (Å²) >= 11 is 12.3. The van der Waals surface area contributed by atoms with E-state index >= 15 is 0 Å². The molecule has 0 unspecified atom stereocenters. The minimum atomic E-state index is -0.332. The van der Waals surface area contributed by atoms with E-state index in [4.69, 9.17) is 33.2 Å². The van der Waals surface area contributed by atoms with E-state index in [1.807, 2.05) is 42.6 Å². The van der Waals surface area contributed by atoms with E-state index in [1.54, 1.807) is 0 Å². The lowest BCUT2D eigenvalue weighted by molar-refractivity contribution is 0.0951. The molecule has 0 radical (unpaired) electrons. The van der Waals surface area contributed by atoms with Crippen molar-refractivity contribution in [3.8, 4) is 0 Å². The third kappa shape index (κ3) is 5.72. The highest BCUT2D eigenvalue weighted by molar-refractivity contribution is 6.39. The van der Waals surface area contributed by atoms with Gasteiger partial charge in [-0.15, -0.1) is 0 Å². The Labute approximate surface area is 242 Å². The van der Waals surface area contributed by atoms with Crippen LogP contribution in [0.15, 0.2) is 79.3 Å². The van der Waals surface area contributed by atoms with Gasteiger partial charge in [-0.3, -0.25) is 19.7 Å². The maximum Gasteiger partial charge on any atom is 0.254 e. The van der Waals surface area contributed by atoms with Crippen LogP contribution in [0.5, 0.6) is 0 Å². The van der Waals surface area contributed by atoms with Gasteiger partial charge in [-0.25, -0.2) is 4.98 Å². The van der Waals surface area contributed by atoms with Gasteiger partial charge < -0.3 is 10.3 Å². The normalized spacial score (nSPS) is 14.8. The predicted molar refractivity (Wildman–Crippen MR) is 157 cm³/mol. The second kappa shape index (κ2) is 11.8. The summed E-state index contributed by atoms with van der Waals surface area (Å²) in [7, 11) is 0. The summed E-state index contributed by atoms with van der Waals surface area (Å²) < 4.78 is 0. The minimum absolute atomic E-state index is 0.201. The first-order chi connectivity index (χ1) is 19.5. The van der Waals surface area contributed by atoms with Gasteiger partial charge in [-0.2, -0.15) is 0 Å². The molecule has 0 spiro atoms. The third-order valence-electron chi connectivity index (χ3n) is 7.34. The summed E-state index contributed by atoms with van der Waals surface area (Å²) in [6.07, 6.45) is 7.96. The van der Waals surface area contributed by atoms with Crippen molar-refractivity contribution in [1.82, 2.24) is 30.2 Å². The molecule has 1 amide bonds. The quantitative estimate of drug-likeness (QED) is 0.217. The number of carbonyl (C=O) groups is 1. The Balaban J connectivity index is 1.20. The standard InChI is InChI=1S/C31H28Cl2N6O/c32-23-16-34-17-24(33)29(23)31(40)36-15-20-10-12-21(13-11-20)18-39(19-28-37-25-7-1-2-8-26(25)38-28)27-9-3-5-22-6-4-14-35-30(22)27/h1-2,4,6-8,10-14,16-17,27H,3,5,9,15,18-19H2,(H,36,40)(H,37,38)/t27-/m0/s1. The lowest BCUT2D eigenvalue weighted by Crippen LogP contribution is -2.31. The number of imidazole rings is 1. The number of aromatic nitrogens is 4. The van der Waals surface area contributed by atoms with Crippen LogP contribution in [0.25, 0.3) is 11.0 Å². The SMILES string of the molecule is O=C(NCc1ccc(CN(Cc2nc3ccccc3[nH]2)[C@H]2CCCc3cccnc32)cc1)c1c(Cl)cncc1Cl. The molecule has 0 bridgehead atoms. The maximum absolute atomic E-state index is 12.7. The summed E-state index contributed by atoms with van der Waals surface area (Å²) in [4.78, 5) is 32.2. The molecule has 202 valence electrons. The molecule has 0 aliphatic heterocycles. The number of amides is 1. The number of halogens is 2. The first-order valence-electron chi connectivity index (χ1n) is 13.3. The molecule has 0 saturated heterocycles. The zero-order valence-corrected chi connectivity index (χ0v) is 23.3. The van der Waals surface area contributed by atoms with Crippen LogP contribution in [0, 0.1) is 0 Å². The van der Waals surface area contributed by atoms with Gasteiger partial charge in [0.2, 0.25) is 0 Å². The number of fused-ring (bicyclic) bond motifs is 2. The summed E-state index contributed by atoms with van der Waals surface area (Å²) in [6.45, 7) is 1.78. The summed E-state index contributed by atoms with van der Waals surface area (Å²) in [6, 6.07) is 20.9. The van der Waals surface area contributed by atoms with E-state index in [0.717, 1.165) is 53.9 Å². The van der Waals surface area contributed by atoms with Crippen LogP contribution < -0.4 is 5.32 Å². The zero-order chi connectivity index (χ0) is 27.5. The number of pyridine rings is 2. The van der Waals surface area contributed by atoms with Crippen LogP contribution in [0.1, 0.15) is 57.5 Å². The van der Waals surface area contributed by atoms with Crippen LogP contribution in [0.3, 0.4) is 0 Å². The molecule has 2 aromatic carbocycles. The maximum atomic E-state index is 12.7. The summed E-state index contributed by atoms with van der Waals surface area (Å²) in [5, 5.41) is 3.35. The molecule has 1 atom stereocenters. The smallest absolute Gasteiger partial charge is 0.254 e. The number of benzene rings is 2. The molecule has 1 aliphatic rings. The number of hydrogen-bond acceptors (Lipinski definition) is 5. The van der Waals surface area contributed by atoms with Crippen molar-refractivity contribution in [1.29, 1.82) is 0 Å². The highest BCUT2D eigenvalue weighted by Crippen LogP contribution is 2.34. The number of nitrogens with one attached hydrogen (secondary N) is 2. The molecule has 5 aromatic rings. The summed E-state index contributed by atoms with van der Waals surface area (Å²) in [5.74, 6) is 0.610. The number of nitrogens with zero attached hydrogens (tertiary/aromatic N) is 4. The van der Waals surface area contributed by atoms with E-state index in [-0.39, 0.29) is 27.6 Å². The van der Waals surface area contributed by atoms with Crippen LogP contribution >= 0.6 is 23.2 Å². The molecule has 0 saturated carbocycles. The van der Waals surface area contributed by atoms with Gasteiger partial charge in [0.1, 0.15) is 5.82 Å². The number of carbonyl (C=O) groups excluding carboxylic acids is 1. The predicted octanol–water partition coefficient (Wildman–Crippen LogP) is 6.67. The van der Waals surface area contributed by atoms with Crippen molar-refractivity contribution in [3.63, 3.8) is 0 Å². The fourth-order valence-electron chi connectivity index (χ4n) is 5.39. The number of H-pyrrole nitrogens is 1. The number of rotatable bonds is 8. The van der Waals surface area contributed by atoms with Crippen LogP contribution in [-0.2, 0) is 26.1 Å². The fraction of sp³-hybridized carbons (Fsp3) is 0.226. The third-order valence-corrected chi connectivity index (χ3v) is 7.91. The number of para-hydroxylation sites is 2. The Morgan fingerprint density at radius 3 is 2.55 bits per heavy atom. The minimum Gasteiger partial charge on any atom is -0.348 e. The second-order valence-corrected chi connectivity index (χ2v) is 10.9. The highest BCUT2D eigenvalue weighted by atomic mass is 35.5. The van der Waals surface area contributed by atoms with Crippen LogP contribution in [0.4, 0.5) is 0 Å². The number of aryl methyl sites for hydroxylation is 1. The van der Waals surface area contributed by atoms with Gasteiger partial charge in [0, 0.05) is 31.7 Å². The molecule has 3 aromatic heterocycles. The van der Waals surface area contributed by atoms with Gasteiger partial charge in [-0.1, -0.05) is 65.7 Å². The van der Waals surface area contributed by atoms with Crippen molar-refractivity contribution in [2.45, 2.75) is 44.9 Å². The van der Waals surface area contributed by atoms with Gasteiger partial charge in [0.05, 0.1) is 44.9 Å². The molecule has 1 aliphatic carbocycles. The molecule has 40 heavy (non-hydrogen) atoms. The largest absolute Gasteiger partial charge is 0.348 e. The first kappa shape index (κ1) is 26.4. The average molecular weight is 572 g/mol. The Morgan fingerprint density at radius 1 is 0.975 bits per heavy atom. The van der Waals surface area contributed by atoms with E-state index in [1.165, 1.54) is 23.5 Å². The van der Waals surface area contributed by atoms with Gasteiger partial charge in [0.25, 0.3) is 5.91 Å². The van der Waals surface area contributed by atoms with E-state index in [2.05, 4.69) is 44.5 Å². The molecule has 9 heteroatoms. The molecule has 2 N–H and O–H groups in total. The lowest BCUT2D eigenvalue weighted by Gasteiger charge is -2.34. The molecule has 6 rings (SSSR count). The number of aromatic amines is 1.